The van der Waals surface area contributed by atoms with Gasteiger partial charge in [-0.05, 0) is 47.2 Å². The number of carbonyl (C=O) groups is 1. The molecule has 15 heteroatoms. The van der Waals surface area contributed by atoms with Crippen molar-refractivity contribution >= 4 is 43.1 Å². The Hall–Kier alpha value is -2.78. The van der Waals surface area contributed by atoms with Crippen LogP contribution in [0.4, 0.5) is 13.2 Å². The molecule has 0 radical (unpaired) electrons. The number of esters is 1. The number of sulfone groups is 1. The third kappa shape index (κ3) is 8.13. The number of halogens is 4. The van der Waals surface area contributed by atoms with Gasteiger partial charge >= 0.3 is 12.1 Å². The minimum atomic E-state index is -5.01. The fraction of sp³-hybridized carbons (Fsp3) is 0.429. The molecule has 36 heavy (non-hydrogen) atoms. The van der Waals surface area contributed by atoms with Gasteiger partial charge in [0.05, 0.1) is 9.38 Å². The van der Waals surface area contributed by atoms with Crippen LogP contribution in [-0.4, -0.2) is 80.4 Å². The molecular weight excluding hydrogens is 571 g/mol. The highest BCUT2D eigenvalue weighted by atomic mass is 79.9. The zero-order valence-electron chi connectivity index (χ0n) is 19.6. The molecule has 1 heterocycles. The lowest BCUT2D eigenvalue weighted by Gasteiger charge is -2.17. The van der Waals surface area contributed by atoms with Crippen molar-refractivity contribution in [3.8, 4) is 11.5 Å². The minimum absolute atomic E-state index is 0.0267. The first-order valence-corrected chi connectivity index (χ1v) is 13.3. The summed E-state index contributed by atoms with van der Waals surface area (Å²) in [5.74, 6) is -1.40. The van der Waals surface area contributed by atoms with Gasteiger partial charge in [-0.3, -0.25) is 10.2 Å². The lowest BCUT2D eigenvalue weighted by molar-refractivity contribution is -0.142. The summed E-state index contributed by atoms with van der Waals surface area (Å²) in [7, 11) is -3.55. The average Bonchev–Trinajstić information content (AvgIpc) is 3.30. The smallest absolute Gasteiger partial charge is 0.433 e. The Morgan fingerprint density at radius 3 is 2.50 bits per heavy atom. The van der Waals surface area contributed by atoms with Crippen molar-refractivity contribution in [3.05, 3.63) is 34.6 Å². The van der Waals surface area contributed by atoms with E-state index >= 15 is 0 Å². The molecule has 1 aromatic carbocycles. The number of carbonyl (C=O) groups excluding carboxylic acids is 1. The first kappa shape index (κ1) is 29.5. The predicted molar refractivity (Wildman–Crippen MR) is 129 cm³/mol. The number of rotatable bonds is 12. The van der Waals surface area contributed by atoms with Crippen LogP contribution in [0.2, 0.25) is 0 Å². The highest BCUT2D eigenvalue weighted by Gasteiger charge is 2.38. The van der Waals surface area contributed by atoms with E-state index < -0.39 is 50.3 Å². The quantitative estimate of drug-likeness (QED) is 0.279. The molecule has 0 atom stereocenters. The number of ether oxygens (including phenoxy) is 1. The summed E-state index contributed by atoms with van der Waals surface area (Å²) in [6.45, 7) is 5.46. The lowest BCUT2D eigenvalue weighted by atomic mass is 10.2. The van der Waals surface area contributed by atoms with Crippen LogP contribution in [0.25, 0.3) is 17.2 Å². The van der Waals surface area contributed by atoms with Gasteiger partial charge in [-0.15, -0.1) is 10.2 Å². The van der Waals surface area contributed by atoms with Crippen LogP contribution in [0.1, 0.15) is 19.7 Å². The molecule has 2 aromatic rings. The molecule has 0 saturated carbocycles. The van der Waals surface area contributed by atoms with E-state index in [4.69, 9.17) is 14.6 Å². The van der Waals surface area contributed by atoms with E-state index in [1.807, 2.05) is 18.7 Å². The summed E-state index contributed by atoms with van der Waals surface area (Å²) in [5, 5.41) is 17.4. The van der Waals surface area contributed by atoms with E-state index in [-0.39, 0.29) is 23.0 Å². The number of hydrogen-bond donors (Lipinski definition) is 2. The number of likely N-dealkylation sites (N-methyl/N-ethyl adjacent to an activating group) is 1. The van der Waals surface area contributed by atoms with Crippen LogP contribution in [0, 0.1) is 5.41 Å². The van der Waals surface area contributed by atoms with Gasteiger partial charge in [-0.25, -0.2) is 8.42 Å². The van der Waals surface area contributed by atoms with Crippen molar-refractivity contribution in [1.29, 1.82) is 5.41 Å². The molecule has 0 bridgehead atoms. The monoisotopic (exact) mass is 595 g/mol. The highest BCUT2D eigenvalue weighted by Crippen LogP contribution is 2.30. The topological polar surface area (TPSA) is 138 Å². The summed E-state index contributed by atoms with van der Waals surface area (Å²) in [4.78, 5) is 14.1. The maximum absolute atomic E-state index is 13.2. The van der Waals surface area contributed by atoms with Crippen LogP contribution < -0.4 is 5.32 Å². The van der Waals surface area contributed by atoms with Crippen LogP contribution in [0.3, 0.4) is 0 Å². The molecule has 1 aromatic heterocycles. The van der Waals surface area contributed by atoms with Crippen molar-refractivity contribution in [3.63, 3.8) is 0 Å². The van der Waals surface area contributed by atoms with Crippen LogP contribution in [0.15, 0.2) is 38.1 Å². The molecule has 0 unspecified atom stereocenters. The molecule has 0 spiro atoms. The zero-order chi connectivity index (χ0) is 27.1. The first-order valence-electron chi connectivity index (χ1n) is 10.6. The number of allylic oxidation sites excluding steroid dienone is 1. The number of hydrogen-bond acceptors (Lipinski definition) is 10. The van der Waals surface area contributed by atoms with Crippen molar-refractivity contribution in [2.45, 2.75) is 24.9 Å². The largest absolute Gasteiger partial charge is 0.463 e. The third-order valence-corrected chi connectivity index (χ3v) is 6.75. The number of benzene rings is 1. The van der Waals surface area contributed by atoms with Crippen LogP contribution in [0.5, 0.6) is 0 Å². The Labute approximate surface area is 214 Å². The van der Waals surface area contributed by atoms with E-state index in [1.165, 1.54) is 24.3 Å². The summed E-state index contributed by atoms with van der Waals surface area (Å²) in [6, 6.07) is 5.54. The van der Waals surface area contributed by atoms with Gasteiger partial charge < -0.3 is 19.4 Å². The van der Waals surface area contributed by atoms with Gasteiger partial charge in [-0.1, -0.05) is 19.9 Å². The summed E-state index contributed by atoms with van der Waals surface area (Å²) in [6.07, 6.45) is -4.00. The summed E-state index contributed by atoms with van der Waals surface area (Å²) < 4.78 is 73.0. The van der Waals surface area contributed by atoms with Gasteiger partial charge in [0, 0.05) is 18.4 Å². The molecule has 0 aliphatic rings. The number of nitrogens with one attached hydrogen (secondary N) is 2. The maximum atomic E-state index is 13.2. The average molecular weight is 596 g/mol. The fourth-order valence-corrected chi connectivity index (χ4v) is 4.04. The Morgan fingerprint density at radius 1 is 1.25 bits per heavy atom. The first-order chi connectivity index (χ1) is 16.8. The van der Waals surface area contributed by atoms with E-state index in [0.717, 1.165) is 19.3 Å². The van der Waals surface area contributed by atoms with Gasteiger partial charge in [0.2, 0.25) is 5.89 Å². The van der Waals surface area contributed by atoms with E-state index in [9.17, 15) is 26.4 Å². The Balaban J connectivity index is 2.30. The van der Waals surface area contributed by atoms with Gasteiger partial charge in [-0.2, -0.15) is 13.2 Å². The lowest BCUT2D eigenvalue weighted by Crippen LogP contribution is -2.31. The highest BCUT2D eigenvalue weighted by molar-refractivity contribution is 9.12. The van der Waals surface area contributed by atoms with Gasteiger partial charge in [0.1, 0.15) is 18.8 Å². The second-order valence-electron chi connectivity index (χ2n) is 7.38. The SMILES string of the molecule is CCN(CC)CCOC(=O)CN/C(=C(/Br)C(=N)C(F)(F)F)c1nnc(-c2cccc(S(C)(=O)=O)c2)o1. The Bertz CT molecular complexity index is 1230. The summed E-state index contributed by atoms with van der Waals surface area (Å²) >= 11 is 2.73. The maximum Gasteiger partial charge on any atom is 0.433 e. The molecule has 0 saturated heterocycles. The minimum Gasteiger partial charge on any atom is -0.463 e. The number of alkyl halides is 3. The van der Waals surface area contributed by atoms with E-state index in [0.29, 0.717) is 6.54 Å². The Morgan fingerprint density at radius 2 is 1.92 bits per heavy atom. The Kier molecular flexibility index (Phi) is 10.2. The van der Waals surface area contributed by atoms with Crippen molar-refractivity contribution < 1.29 is 35.5 Å². The van der Waals surface area contributed by atoms with E-state index in [2.05, 4.69) is 31.4 Å². The van der Waals surface area contributed by atoms with Crippen molar-refractivity contribution in [1.82, 2.24) is 20.4 Å². The molecule has 0 amide bonds. The van der Waals surface area contributed by atoms with Crippen LogP contribution >= 0.6 is 15.9 Å². The number of aromatic nitrogens is 2. The van der Waals surface area contributed by atoms with Crippen LogP contribution in [-0.2, 0) is 19.4 Å². The number of nitrogens with zero attached hydrogens (tertiary/aromatic N) is 3. The third-order valence-electron chi connectivity index (χ3n) is 4.84. The van der Waals surface area contributed by atoms with Gasteiger partial charge in [0.25, 0.3) is 5.89 Å². The second-order valence-corrected chi connectivity index (χ2v) is 10.2. The molecule has 10 nitrogen and oxygen atoms in total. The van der Waals surface area contributed by atoms with Crippen molar-refractivity contribution in [2.75, 3.05) is 39.0 Å². The predicted octanol–water partition coefficient (Wildman–Crippen LogP) is 3.26. The molecule has 0 fully saturated rings. The molecule has 198 valence electrons. The molecule has 2 rings (SSSR count). The molecule has 0 aliphatic carbocycles. The fourth-order valence-electron chi connectivity index (χ4n) is 2.84. The molecule has 2 N–H and O–H groups in total. The van der Waals surface area contributed by atoms with Crippen molar-refractivity contribution in [2.24, 2.45) is 0 Å². The molecular formula is C21H25BrF3N5O5S. The normalized spacial score (nSPS) is 12.9. The van der Waals surface area contributed by atoms with E-state index in [1.54, 1.807) is 0 Å². The second kappa shape index (κ2) is 12.5. The zero-order valence-corrected chi connectivity index (χ0v) is 22.1. The van der Waals surface area contributed by atoms with Gasteiger partial charge in [0.15, 0.2) is 15.5 Å². The molecule has 0 aliphatic heterocycles. The summed E-state index contributed by atoms with van der Waals surface area (Å²) in [5.41, 5.74) is -2.01. The standard InChI is InChI=1S/C21H25BrF3N5O5S/c1-4-30(5-2)9-10-34-15(31)12-27-17(16(22)18(26)21(23,24)25)20-29-28-19(35-20)13-7-6-8-14(11-13)36(3,32)33/h6-8,11,26-27H,4-5,9-10,12H2,1-3H3/b17-16+,26-18?.